The molecule has 0 bridgehead atoms. The molecule has 0 aromatic heterocycles. The van der Waals surface area contributed by atoms with Crippen LogP contribution in [0.3, 0.4) is 0 Å². The fraction of sp³-hybridized carbons (Fsp3) is 0.417. The Morgan fingerprint density at radius 3 is 2.38 bits per heavy atom. The van der Waals surface area contributed by atoms with E-state index >= 15 is 0 Å². The van der Waals surface area contributed by atoms with Crippen molar-refractivity contribution in [1.82, 2.24) is 0 Å². The first-order chi connectivity index (χ1) is 7.67. The van der Waals surface area contributed by atoms with Crippen LogP contribution in [-0.4, -0.2) is 40.2 Å². The molecular weight excluding hydrogens is 206 g/mol. The molecule has 1 aromatic rings. The summed E-state index contributed by atoms with van der Waals surface area (Å²) in [5.41, 5.74) is 0.977. The van der Waals surface area contributed by atoms with Crippen LogP contribution in [0.5, 0.6) is 5.75 Å². The second kappa shape index (κ2) is 6.12. The molecule has 0 aliphatic heterocycles. The van der Waals surface area contributed by atoms with Crippen LogP contribution in [-0.2, 0) is 9.53 Å². The summed E-state index contributed by atoms with van der Waals surface area (Å²) in [4.78, 5) is 13.2. The third-order valence-electron chi connectivity index (χ3n) is 2.23. The number of Topliss-reactive ketones (excluding diaryl/α,β-unsaturated/α-hetero) is 1. The van der Waals surface area contributed by atoms with E-state index in [0.29, 0.717) is 6.54 Å². The molecule has 0 saturated heterocycles. The summed E-state index contributed by atoms with van der Waals surface area (Å²) < 4.78 is 9.84. The largest absolute Gasteiger partial charge is 0.497 e. The molecule has 0 saturated carbocycles. The number of rotatable bonds is 6. The summed E-state index contributed by atoms with van der Waals surface area (Å²) in [5, 5.41) is 0. The lowest BCUT2D eigenvalue weighted by molar-refractivity contribution is -0.121. The lowest BCUT2D eigenvalue weighted by atomic mass is 10.2. The minimum atomic E-state index is 0.0563. The standard InChI is InChI=1S/C12H17NO3/c1-13(8-11(14)9-15-2)10-4-6-12(16-3)7-5-10/h4-7H,8-9H2,1-3H3. The zero-order valence-electron chi connectivity index (χ0n) is 9.90. The zero-order valence-corrected chi connectivity index (χ0v) is 9.90. The van der Waals surface area contributed by atoms with Gasteiger partial charge in [0.1, 0.15) is 12.4 Å². The fourth-order valence-electron chi connectivity index (χ4n) is 1.40. The lowest BCUT2D eigenvalue weighted by Gasteiger charge is -2.18. The number of hydrogen-bond donors (Lipinski definition) is 0. The molecule has 4 nitrogen and oxygen atoms in total. The van der Waals surface area contributed by atoms with E-state index in [0.717, 1.165) is 11.4 Å². The number of carbonyl (C=O) groups is 1. The minimum Gasteiger partial charge on any atom is -0.497 e. The van der Waals surface area contributed by atoms with Crippen LogP contribution in [0.15, 0.2) is 24.3 Å². The lowest BCUT2D eigenvalue weighted by Crippen LogP contribution is -2.27. The molecule has 0 heterocycles. The second-order valence-electron chi connectivity index (χ2n) is 3.53. The first-order valence-corrected chi connectivity index (χ1v) is 5.03. The highest BCUT2D eigenvalue weighted by Crippen LogP contribution is 2.17. The molecule has 0 aliphatic rings. The zero-order chi connectivity index (χ0) is 12.0. The number of hydrogen-bond acceptors (Lipinski definition) is 4. The average molecular weight is 223 g/mol. The molecular formula is C12H17NO3. The van der Waals surface area contributed by atoms with Gasteiger partial charge in [-0.2, -0.15) is 0 Å². The predicted octanol–water partition coefficient (Wildman–Crippen LogP) is 1.35. The molecule has 1 rings (SSSR count). The molecule has 0 amide bonds. The summed E-state index contributed by atoms with van der Waals surface area (Å²) in [7, 11) is 5.02. The minimum absolute atomic E-state index is 0.0563. The topological polar surface area (TPSA) is 38.8 Å². The molecule has 88 valence electrons. The first-order valence-electron chi connectivity index (χ1n) is 5.03. The van der Waals surface area contributed by atoms with E-state index in [2.05, 4.69) is 0 Å². The van der Waals surface area contributed by atoms with E-state index in [-0.39, 0.29) is 12.4 Å². The van der Waals surface area contributed by atoms with Crippen molar-refractivity contribution in [2.75, 3.05) is 39.3 Å². The van der Waals surface area contributed by atoms with Gasteiger partial charge in [-0.3, -0.25) is 4.79 Å². The fourth-order valence-corrected chi connectivity index (χ4v) is 1.40. The van der Waals surface area contributed by atoms with Gasteiger partial charge in [-0.25, -0.2) is 0 Å². The van der Waals surface area contributed by atoms with Crippen molar-refractivity contribution in [3.05, 3.63) is 24.3 Å². The van der Waals surface area contributed by atoms with E-state index in [1.165, 1.54) is 7.11 Å². The summed E-state index contributed by atoms with van der Waals surface area (Å²) in [5.74, 6) is 0.862. The highest BCUT2D eigenvalue weighted by molar-refractivity contribution is 5.84. The van der Waals surface area contributed by atoms with Gasteiger partial charge in [0.15, 0.2) is 5.78 Å². The maximum atomic E-state index is 11.4. The molecule has 0 aliphatic carbocycles. The highest BCUT2D eigenvalue weighted by atomic mass is 16.5. The highest BCUT2D eigenvalue weighted by Gasteiger charge is 2.07. The Balaban J connectivity index is 2.58. The van der Waals surface area contributed by atoms with Crippen molar-refractivity contribution in [3.8, 4) is 5.75 Å². The molecule has 0 atom stereocenters. The van der Waals surface area contributed by atoms with Crippen LogP contribution in [0.2, 0.25) is 0 Å². The summed E-state index contributed by atoms with van der Waals surface area (Å²) in [6.07, 6.45) is 0. The van der Waals surface area contributed by atoms with Crippen molar-refractivity contribution in [3.63, 3.8) is 0 Å². The SMILES string of the molecule is COCC(=O)CN(C)c1ccc(OC)cc1. The summed E-state index contributed by atoms with van der Waals surface area (Å²) in [6, 6.07) is 7.57. The van der Waals surface area contributed by atoms with Gasteiger partial charge in [-0.15, -0.1) is 0 Å². The number of ketones is 1. The molecule has 0 radical (unpaired) electrons. The number of benzene rings is 1. The average Bonchev–Trinajstić information content (AvgIpc) is 2.29. The van der Waals surface area contributed by atoms with Crippen LogP contribution >= 0.6 is 0 Å². The summed E-state index contributed by atoms with van der Waals surface area (Å²) >= 11 is 0. The van der Waals surface area contributed by atoms with Gasteiger partial charge in [0.25, 0.3) is 0 Å². The van der Waals surface area contributed by atoms with Crippen molar-refractivity contribution >= 4 is 11.5 Å². The van der Waals surface area contributed by atoms with Crippen LogP contribution in [0.25, 0.3) is 0 Å². The maximum Gasteiger partial charge on any atom is 0.177 e. The van der Waals surface area contributed by atoms with Crippen LogP contribution in [0, 0.1) is 0 Å². The third kappa shape index (κ3) is 3.55. The molecule has 16 heavy (non-hydrogen) atoms. The molecule has 0 N–H and O–H groups in total. The smallest absolute Gasteiger partial charge is 0.177 e. The van der Waals surface area contributed by atoms with Crippen molar-refractivity contribution in [1.29, 1.82) is 0 Å². The van der Waals surface area contributed by atoms with E-state index in [1.54, 1.807) is 7.11 Å². The van der Waals surface area contributed by atoms with Gasteiger partial charge in [0.05, 0.1) is 13.7 Å². The van der Waals surface area contributed by atoms with Crippen molar-refractivity contribution in [2.45, 2.75) is 0 Å². The van der Waals surface area contributed by atoms with Gasteiger partial charge in [-0.05, 0) is 24.3 Å². The number of nitrogens with zero attached hydrogens (tertiary/aromatic N) is 1. The monoisotopic (exact) mass is 223 g/mol. The Morgan fingerprint density at radius 1 is 1.25 bits per heavy atom. The van der Waals surface area contributed by atoms with Gasteiger partial charge in [-0.1, -0.05) is 0 Å². The molecule has 4 heteroatoms. The van der Waals surface area contributed by atoms with Gasteiger partial charge in [0, 0.05) is 19.8 Å². The number of anilines is 1. The third-order valence-corrected chi connectivity index (χ3v) is 2.23. The number of ether oxygens (including phenoxy) is 2. The first kappa shape index (κ1) is 12.5. The van der Waals surface area contributed by atoms with Crippen LogP contribution < -0.4 is 9.64 Å². The van der Waals surface area contributed by atoms with Crippen molar-refractivity contribution < 1.29 is 14.3 Å². The Bertz CT molecular complexity index is 335. The molecule has 0 unspecified atom stereocenters. The van der Waals surface area contributed by atoms with Crippen molar-refractivity contribution in [2.24, 2.45) is 0 Å². The summed E-state index contributed by atoms with van der Waals surface area (Å²) in [6.45, 7) is 0.501. The molecule has 0 fully saturated rings. The number of likely N-dealkylation sites (N-methyl/N-ethyl adjacent to an activating group) is 1. The van der Waals surface area contributed by atoms with Crippen LogP contribution in [0.4, 0.5) is 5.69 Å². The Hall–Kier alpha value is -1.55. The second-order valence-corrected chi connectivity index (χ2v) is 3.53. The Labute approximate surface area is 95.8 Å². The maximum absolute atomic E-state index is 11.4. The van der Waals surface area contributed by atoms with E-state index < -0.39 is 0 Å². The van der Waals surface area contributed by atoms with E-state index in [1.807, 2.05) is 36.2 Å². The molecule has 0 spiro atoms. The Kier molecular flexibility index (Phi) is 4.79. The van der Waals surface area contributed by atoms with Gasteiger partial charge >= 0.3 is 0 Å². The molecule has 1 aromatic carbocycles. The van der Waals surface area contributed by atoms with E-state index in [4.69, 9.17) is 9.47 Å². The Morgan fingerprint density at radius 2 is 1.88 bits per heavy atom. The normalized spacial score (nSPS) is 9.94. The van der Waals surface area contributed by atoms with Crippen LogP contribution in [0.1, 0.15) is 0 Å². The van der Waals surface area contributed by atoms with Gasteiger partial charge in [0.2, 0.25) is 0 Å². The predicted molar refractivity (Wildman–Crippen MR) is 63.1 cm³/mol. The quantitative estimate of drug-likeness (QED) is 0.729. The number of methoxy groups -OCH3 is 2. The number of carbonyl (C=O) groups excluding carboxylic acids is 1. The van der Waals surface area contributed by atoms with E-state index in [9.17, 15) is 4.79 Å². The van der Waals surface area contributed by atoms with Gasteiger partial charge < -0.3 is 14.4 Å².